The van der Waals surface area contributed by atoms with Gasteiger partial charge in [-0.3, -0.25) is 0 Å². The highest BCUT2D eigenvalue weighted by molar-refractivity contribution is 5.84. The maximum atomic E-state index is 6.12. The van der Waals surface area contributed by atoms with E-state index < -0.39 is 0 Å². The Labute approximate surface area is 120 Å². The monoisotopic (exact) mass is 275 g/mol. The van der Waals surface area contributed by atoms with E-state index in [9.17, 15) is 0 Å². The fourth-order valence-corrected chi connectivity index (χ4v) is 2.17. The van der Waals surface area contributed by atoms with Gasteiger partial charge in [-0.25, -0.2) is 4.98 Å². The topological polar surface area (TPSA) is 53.1 Å². The van der Waals surface area contributed by atoms with E-state index in [1.807, 2.05) is 19.1 Å². The number of nitrogens with two attached hydrogens (primary N) is 1. The van der Waals surface area contributed by atoms with Crippen molar-refractivity contribution < 1.29 is 4.74 Å². The lowest BCUT2D eigenvalue weighted by Crippen LogP contribution is -2.26. The Morgan fingerprint density at radius 1 is 1.35 bits per heavy atom. The van der Waals surface area contributed by atoms with Crippen LogP contribution in [0.3, 0.4) is 0 Å². The second-order valence-corrected chi connectivity index (χ2v) is 6.26. The molecule has 0 aliphatic heterocycles. The van der Waals surface area contributed by atoms with E-state index in [-0.39, 0.29) is 5.41 Å². The highest BCUT2D eigenvalue weighted by Gasteiger charge is 2.25. The zero-order valence-electron chi connectivity index (χ0n) is 13.1. The van der Waals surface area contributed by atoms with E-state index >= 15 is 0 Å². The van der Waals surface area contributed by atoms with Crippen LogP contribution >= 0.6 is 0 Å². The summed E-state index contributed by atoms with van der Waals surface area (Å²) in [6.07, 6.45) is 0. The van der Waals surface area contributed by atoms with Crippen molar-refractivity contribution in [2.24, 2.45) is 11.3 Å². The maximum Gasteiger partial charge on any atom is 0.201 e. The average Bonchev–Trinajstić information content (AvgIpc) is 2.67. The molecule has 0 saturated heterocycles. The first-order valence-corrected chi connectivity index (χ1v) is 7.24. The fraction of sp³-hybridized carbons (Fsp3) is 0.562. The minimum Gasteiger partial charge on any atom is -0.492 e. The Morgan fingerprint density at radius 3 is 2.65 bits per heavy atom. The normalized spacial score (nSPS) is 12.3. The second kappa shape index (κ2) is 5.35. The Bertz CT molecular complexity index is 599. The molecule has 0 bridgehead atoms. The van der Waals surface area contributed by atoms with Crippen LogP contribution < -0.4 is 10.5 Å². The summed E-state index contributed by atoms with van der Waals surface area (Å²) in [5.74, 6) is 1.92. The molecule has 0 saturated carbocycles. The molecule has 1 aromatic carbocycles. The number of fused-ring (bicyclic) bond motifs is 1. The third kappa shape index (κ3) is 2.60. The molecule has 0 atom stereocenters. The Kier molecular flexibility index (Phi) is 3.93. The molecular weight excluding hydrogens is 250 g/mol. The third-order valence-electron chi connectivity index (χ3n) is 4.20. The molecule has 4 heteroatoms. The first-order valence-electron chi connectivity index (χ1n) is 7.24. The van der Waals surface area contributed by atoms with Gasteiger partial charge in [-0.2, -0.15) is 0 Å². The lowest BCUT2D eigenvalue weighted by molar-refractivity contribution is 0.214. The summed E-state index contributed by atoms with van der Waals surface area (Å²) in [4.78, 5) is 4.49. The van der Waals surface area contributed by atoms with Gasteiger partial charge in [-0.15, -0.1) is 0 Å². The van der Waals surface area contributed by atoms with Gasteiger partial charge in [-0.05, 0) is 30.4 Å². The molecule has 1 heterocycles. The van der Waals surface area contributed by atoms with Crippen molar-refractivity contribution in [3.8, 4) is 5.75 Å². The van der Waals surface area contributed by atoms with Crippen LogP contribution in [0.2, 0.25) is 0 Å². The number of para-hydroxylation sites is 1. The summed E-state index contributed by atoms with van der Waals surface area (Å²) in [6.45, 7) is 12.4. The summed E-state index contributed by atoms with van der Waals surface area (Å²) in [7, 11) is 0. The third-order valence-corrected chi connectivity index (χ3v) is 4.20. The number of imidazole rings is 1. The quantitative estimate of drug-likeness (QED) is 0.905. The first kappa shape index (κ1) is 14.7. The zero-order valence-corrected chi connectivity index (χ0v) is 13.1. The summed E-state index contributed by atoms with van der Waals surface area (Å²) in [6, 6.07) is 5.99. The first-order chi connectivity index (χ1) is 9.36. The molecule has 2 aromatic rings. The number of benzene rings is 1. The summed E-state index contributed by atoms with van der Waals surface area (Å²) >= 11 is 0. The molecule has 0 aliphatic carbocycles. The van der Waals surface area contributed by atoms with Gasteiger partial charge in [0.1, 0.15) is 11.3 Å². The van der Waals surface area contributed by atoms with Crippen LogP contribution in [0.15, 0.2) is 18.2 Å². The van der Waals surface area contributed by atoms with Gasteiger partial charge in [0.15, 0.2) is 0 Å². The van der Waals surface area contributed by atoms with Crippen LogP contribution in [0.4, 0.5) is 5.95 Å². The van der Waals surface area contributed by atoms with Gasteiger partial charge in [-0.1, -0.05) is 33.8 Å². The Hall–Kier alpha value is -1.71. The highest BCUT2D eigenvalue weighted by Crippen LogP contribution is 2.33. The van der Waals surface area contributed by atoms with Crippen molar-refractivity contribution in [3.05, 3.63) is 18.2 Å². The number of hydrogen-bond acceptors (Lipinski definition) is 3. The molecule has 1 aromatic heterocycles. The van der Waals surface area contributed by atoms with Crippen LogP contribution in [0, 0.1) is 11.3 Å². The van der Waals surface area contributed by atoms with Gasteiger partial charge in [0.25, 0.3) is 0 Å². The lowest BCUT2D eigenvalue weighted by Gasteiger charge is -2.30. The number of ether oxygens (including phenoxy) is 1. The molecule has 0 aliphatic rings. The minimum absolute atomic E-state index is 0.156. The van der Waals surface area contributed by atoms with E-state index in [2.05, 4.69) is 43.3 Å². The molecular formula is C16H25N3O. The Balaban J connectivity index is 2.49. The van der Waals surface area contributed by atoms with Crippen molar-refractivity contribution in [1.82, 2.24) is 9.55 Å². The number of nitrogens with zero attached hydrogens (tertiary/aromatic N) is 2. The second-order valence-electron chi connectivity index (χ2n) is 6.26. The van der Waals surface area contributed by atoms with Crippen LogP contribution in [0.25, 0.3) is 11.0 Å². The van der Waals surface area contributed by atoms with Gasteiger partial charge >= 0.3 is 0 Å². The largest absolute Gasteiger partial charge is 0.492 e. The van der Waals surface area contributed by atoms with Crippen molar-refractivity contribution in [3.63, 3.8) is 0 Å². The molecule has 0 fully saturated rings. The van der Waals surface area contributed by atoms with Gasteiger partial charge in [0.05, 0.1) is 12.1 Å². The van der Waals surface area contributed by atoms with E-state index in [0.717, 1.165) is 23.3 Å². The summed E-state index contributed by atoms with van der Waals surface area (Å²) in [5.41, 5.74) is 8.17. The predicted molar refractivity (Wildman–Crippen MR) is 83.9 cm³/mol. The standard InChI is InChI=1S/C16H25N3O/c1-6-20-13-9-7-8-12-14(13)18-15(17)19(12)10-16(4,5)11(2)3/h7-9,11H,6,10H2,1-5H3,(H2,17,18). The minimum atomic E-state index is 0.156. The van der Waals surface area contributed by atoms with Crippen molar-refractivity contribution in [2.45, 2.75) is 41.2 Å². The number of rotatable bonds is 5. The van der Waals surface area contributed by atoms with Crippen LogP contribution in [-0.2, 0) is 6.54 Å². The average molecular weight is 275 g/mol. The van der Waals surface area contributed by atoms with Crippen molar-refractivity contribution >= 4 is 17.0 Å². The number of nitrogen functional groups attached to an aromatic ring is 1. The van der Waals surface area contributed by atoms with Crippen LogP contribution in [-0.4, -0.2) is 16.2 Å². The van der Waals surface area contributed by atoms with Crippen molar-refractivity contribution in [2.75, 3.05) is 12.3 Å². The van der Waals surface area contributed by atoms with E-state index in [1.165, 1.54) is 0 Å². The van der Waals surface area contributed by atoms with Gasteiger partial charge in [0.2, 0.25) is 5.95 Å². The molecule has 0 amide bonds. The van der Waals surface area contributed by atoms with Crippen molar-refractivity contribution in [1.29, 1.82) is 0 Å². The summed E-state index contributed by atoms with van der Waals surface area (Å²) in [5, 5.41) is 0. The molecule has 2 N–H and O–H groups in total. The van der Waals surface area contributed by atoms with E-state index in [1.54, 1.807) is 0 Å². The number of aromatic nitrogens is 2. The fourth-order valence-electron chi connectivity index (χ4n) is 2.17. The van der Waals surface area contributed by atoms with E-state index in [0.29, 0.717) is 18.5 Å². The molecule has 110 valence electrons. The zero-order chi connectivity index (χ0) is 14.9. The molecule has 0 radical (unpaired) electrons. The number of hydrogen-bond donors (Lipinski definition) is 1. The van der Waals surface area contributed by atoms with Crippen LogP contribution in [0.1, 0.15) is 34.6 Å². The Morgan fingerprint density at radius 2 is 2.05 bits per heavy atom. The molecule has 4 nitrogen and oxygen atoms in total. The lowest BCUT2D eigenvalue weighted by atomic mass is 9.81. The molecule has 0 unspecified atom stereocenters. The molecule has 0 spiro atoms. The summed E-state index contributed by atoms with van der Waals surface area (Å²) < 4.78 is 7.73. The van der Waals surface area contributed by atoms with E-state index in [4.69, 9.17) is 10.5 Å². The van der Waals surface area contributed by atoms with Gasteiger partial charge in [0, 0.05) is 6.54 Å². The smallest absolute Gasteiger partial charge is 0.201 e. The van der Waals surface area contributed by atoms with Crippen LogP contribution in [0.5, 0.6) is 5.75 Å². The predicted octanol–water partition coefficient (Wildman–Crippen LogP) is 3.70. The SMILES string of the molecule is CCOc1cccc2c1nc(N)n2CC(C)(C)C(C)C. The maximum absolute atomic E-state index is 6.12. The molecule has 20 heavy (non-hydrogen) atoms. The highest BCUT2D eigenvalue weighted by atomic mass is 16.5. The van der Waals surface area contributed by atoms with Gasteiger partial charge < -0.3 is 15.0 Å². The molecule has 2 rings (SSSR count). The number of anilines is 1.